The Bertz CT molecular complexity index is 1070. The van der Waals surface area contributed by atoms with Crippen molar-refractivity contribution in [1.82, 2.24) is 10.2 Å². The first-order valence-corrected chi connectivity index (χ1v) is 10.2. The molecule has 0 amide bonds. The largest absolute Gasteiger partial charge is 0.496 e. The van der Waals surface area contributed by atoms with Crippen molar-refractivity contribution in [3.8, 4) is 5.75 Å². The van der Waals surface area contributed by atoms with Crippen LogP contribution in [0.15, 0.2) is 59.5 Å². The molecule has 0 bridgehead atoms. The maximum atomic E-state index is 12.5. The standard InChI is InChI=1S/C20H22N4O3S/c1-14-5-4-6-16(11-14)13-21-19-9-10-20(23-22-19)24-28(25,26)17-7-8-18(27-3)15(2)12-17/h4-12H,13H2,1-3H3,(H,21,22)(H,23,24). The minimum absolute atomic E-state index is 0.134. The molecule has 0 fully saturated rings. The Morgan fingerprint density at radius 2 is 1.71 bits per heavy atom. The van der Waals surface area contributed by atoms with Gasteiger partial charge in [0.2, 0.25) is 0 Å². The smallest absolute Gasteiger partial charge is 0.263 e. The molecule has 0 atom stereocenters. The maximum Gasteiger partial charge on any atom is 0.263 e. The lowest BCUT2D eigenvalue weighted by atomic mass is 10.1. The van der Waals surface area contributed by atoms with Crippen LogP contribution in [0.3, 0.4) is 0 Å². The fraction of sp³-hybridized carbons (Fsp3) is 0.200. The number of rotatable bonds is 7. The zero-order valence-corrected chi connectivity index (χ0v) is 16.7. The highest BCUT2D eigenvalue weighted by molar-refractivity contribution is 7.92. The second-order valence-corrected chi connectivity index (χ2v) is 8.07. The molecule has 0 saturated carbocycles. The predicted molar refractivity (Wildman–Crippen MR) is 109 cm³/mol. The number of hydrogen-bond donors (Lipinski definition) is 2. The average molecular weight is 398 g/mol. The van der Waals surface area contributed by atoms with Gasteiger partial charge in [-0.3, -0.25) is 4.72 Å². The molecule has 8 heteroatoms. The van der Waals surface area contributed by atoms with E-state index in [2.05, 4.69) is 26.3 Å². The molecule has 0 aliphatic carbocycles. The van der Waals surface area contributed by atoms with Crippen molar-refractivity contribution in [1.29, 1.82) is 0 Å². The zero-order chi connectivity index (χ0) is 20.1. The minimum atomic E-state index is -3.76. The van der Waals surface area contributed by atoms with Gasteiger partial charge in [0.1, 0.15) is 11.6 Å². The zero-order valence-electron chi connectivity index (χ0n) is 15.9. The van der Waals surface area contributed by atoms with E-state index in [9.17, 15) is 8.42 Å². The van der Waals surface area contributed by atoms with Gasteiger partial charge in [-0.25, -0.2) is 8.42 Å². The molecule has 28 heavy (non-hydrogen) atoms. The summed E-state index contributed by atoms with van der Waals surface area (Å²) < 4.78 is 32.7. The third-order valence-corrected chi connectivity index (χ3v) is 5.49. The molecule has 7 nitrogen and oxygen atoms in total. The van der Waals surface area contributed by atoms with Crippen LogP contribution in [0.1, 0.15) is 16.7 Å². The van der Waals surface area contributed by atoms with Crippen LogP contribution in [0, 0.1) is 13.8 Å². The van der Waals surface area contributed by atoms with Gasteiger partial charge in [0.05, 0.1) is 12.0 Å². The highest BCUT2D eigenvalue weighted by atomic mass is 32.2. The number of methoxy groups -OCH3 is 1. The van der Waals surface area contributed by atoms with Crippen LogP contribution in [-0.4, -0.2) is 25.7 Å². The Hall–Kier alpha value is -3.13. The third-order valence-electron chi connectivity index (χ3n) is 4.14. The molecule has 1 aromatic heterocycles. The van der Waals surface area contributed by atoms with Crippen molar-refractivity contribution < 1.29 is 13.2 Å². The molecular formula is C20H22N4O3S. The summed E-state index contributed by atoms with van der Waals surface area (Å²) in [5.74, 6) is 1.34. The first-order chi connectivity index (χ1) is 13.4. The highest BCUT2D eigenvalue weighted by Gasteiger charge is 2.16. The lowest BCUT2D eigenvalue weighted by molar-refractivity contribution is 0.411. The number of nitrogens with one attached hydrogen (secondary N) is 2. The van der Waals surface area contributed by atoms with Crippen molar-refractivity contribution in [2.24, 2.45) is 0 Å². The van der Waals surface area contributed by atoms with Gasteiger partial charge < -0.3 is 10.1 Å². The number of aryl methyl sites for hydroxylation is 2. The molecule has 0 spiro atoms. The Balaban J connectivity index is 1.67. The fourth-order valence-electron chi connectivity index (χ4n) is 2.71. The molecule has 0 saturated heterocycles. The maximum absolute atomic E-state index is 12.5. The summed E-state index contributed by atoms with van der Waals surface area (Å²) in [6.07, 6.45) is 0. The van der Waals surface area contributed by atoms with Gasteiger partial charge in [-0.05, 0) is 55.3 Å². The molecule has 0 aliphatic heterocycles. The van der Waals surface area contributed by atoms with Gasteiger partial charge in [-0.1, -0.05) is 29.8 Å². The van der Waals surface area contributed by atoms with Crippen molar-refractivity contribution in [3.05, 3.63) is 71.3 Å². The lowest BCUT2D eigenvalue weighted by Crippen LogP contribution is -2.15. The van der Waals surface area contributed by atoms with E-state index >= 15 is 0 Å². The monoisotopic (exact) mass is 398 g/mol. The summed E-state index contributed by atoms with van der Waals surface area (Å²) in [6, 6.07) is 16.0. The van der Waals surface area contributed by atoms with E-state index in [4.69, 9.17) is 4.74 Å². The summed E-state index contributed by atoms with van der Waals surface area (Å²) in [5.41, 5.74) is 3.04. The Morgan fingerprint density at radius 3 is 2.36 bits per heavy atom. The van der Waals surface area contributed by atoms with Gasteiger partial charge in [0, 0.05) is 6.54 Å². The third kappa shape index (κ3) is 4.77. The average Bonchev–Trinajstić information content (AvgIpc) is 2.67. The van der Waals surface area contributed by atoms with Crippen molar-refractivity contribution >= 4 is 21.7 Å². The van der Waals surface area contributed by atoms with E-state index in [0.717, 1.165) is 11.1 Å². The van der Waals surface area contributed by atoms with E-state index in [-0.39, 0.29) is 10.7 Å². The minimum Gasteiger partial charge on any atom is -0.496 e. The number of benzene rings is 2. The molecule has 3 rings (SSSR count). The fourth-order valence-corrected chi connectivity index (χ4v) is 3.79. The molecule has 0 radical (unpaired) electrons. The summed E-state index contributed by atoms with van der Waals surface area (Å²) in [6.45, 7) is 4.42. The molecule has 0 aliphatic rings. The second kappa shape index (κ2) is 8.26. The molecule has 2 N–H and O–H groups in total. The van der Waals surface area contributed by atoms with Crippen LogP contribution >= 0.6 is 0 Å². The molecule has 2 aromatic carbocycles. The molecule has 0 unspecified atom stereocenters. The Labute approximate surface area is 164 Å². The van der Waals surface area contributed by atoms with E-state index in [1.165, 1.54) is 11.6 Å². The van der Waals surface area contributed by atoms with Crippen LogP contribution in [0.25, 0.3) is 0 Å². The van der Waals surface area contributed by atoms with Crippen molar-refractivity contribution in [3.63, 3.8) is 0 Å². The van der Waals surface area contributed by atoms with Crippen LogP contribution in [0.5, 0.6) is 5.75 Å². The quantitative estimate of drug-likeness (QED) is 0.633. The van der Waals surface area contributed by atoms with E-state index in [1.54, 1.807) is 38.3 Å². The van der Waals surface area contributed by atoms with E-state index in [1.807, 2.05) is 25.1 Å². The van der Waals surface area contributed by atoms with Crippen LogP contribution in [0.2, 0.25) is 0 Å². The molecule has 146 valence electrons. The molecule has 3 aromatic rings. The van der Waals surface area contributed by atoms with Crippen LogP contribution in [0.4, 0.5) is 11.6 Å². The Morgan fingerprint density at radius 1 is 0.964 bits per heavy atom. The summed E-state index contributed by atoms with van der Waals surface area (Å²) in [4.78, 5) is 0.134. The van der Waals surface area contributed by atoms with Gasteiger partial charge in [0.15, 0.2) is 5.82 Å². The van der Waals surface area contributed by atoms with Crippen LogP contribution in [-0.2, 0) is 16.6 Å². The van der Waals surface area contributed by atoms with Crippen molar-refractivity contribution in [2.45, 2.75) is 25.3 Å². The number of sulfonamides is 1. The number of hydrogen-bond acceptors (Lipinski definition) is 6. The highest BCUT2D eigenvalue weighted by Crippen LogP contribution is 2.22. The van der Waals surface area contributed by atoms with Gasteiger partial charge in [-0.15, -0.1) is 10.2 Å². The summed E-state index contributed by atoms with van der Waals surface area (Å²) in [5, 5.41) is 11.1. The molecule has 1 heterocycles. The van der Waals surface area contributed by atoms with Crippen LogP contribution < -0.4 is 14.8 Å². The lowest BCUT2D eigenvalue weighted by Gasteiger charge is -2.10. The molecular weight excluding hydrogens is 376 g/mol. The van der Waals surface area contributed by atoms with E-state index in [0.29, 0.717) is 18.1 Å². The summed E-state index contributed by atoms with van der Waals surface area (Å²) >= 11 is 0. The number of ether oxygens (including phenoxy) is 1. The Kier molecular flexibility index (Phi) is 5.79. The van der Waals surface area contributed by atoms with Gasteiger partial charge >= 0.3 is 0 Å². The SMILES string of the molecule is COc1ccc(S(=O)(=O)Nc2ccc(NCc3cccc(C)c3)nn2)cc1C. The predicted octanol–water partition coefficient (Wildman–Crippen LogP) is 3.51. The van der Waals surface area contributed by atoms with E-state index < -0.39 is 10.0 Å². The van der Waals surface area contributed by atoms with Crippen molar-refractivity contribution in [2.75, 3.05) is 17.1 Å². The summed E-state index contributed by atoms with van der Waals surface area (Å²) in [7, 11) is -2.22. The first-order valence-electron chi connectivity index (χ1n) is 8.68. The topological polar surface area (TPSA) is 93.2 Å². The normalized spacial score (nSPS) is 11.1. The van der Waals surface area contributed by atoms with Gasteiger partial charge in [-0.2, -0.15) is 0 Å². The number of aromatic nitrogens is 2. The van der Waals surface area contributed by atoms with Gasteiger partial charge in [0.25, 0.3) is 10.0 Å². The second-order valence-electron chi connectivity index (χ2n) is 6.38. The number of anilines is 2. The number of nitrogens with zero attached hydrogens (tertiary/aromatic N) is 2. The first kappa shape index (κ1) is 19.6.